The van der Waals surface area contributed by atoms with Crippen LogP contribution < -0.4 is 0 Å². The monoisotopic (exact) mass is 259 g/mol. The third-order valence-corrected chi connectivity index (χ3v) is 3.66. The van der Waals surface area contributed by atoms with E-state index in [2.05, 4.69) is 0 Å². The summed E-state index contributed by atoms with van der Waals surface area (Å²) in [6.45, 7) is 5.18. The number of piperidine rings is 1. The van der Waals surface area contributed by atoms with Gasteiger partial charge in [0.25, 0.3) is 0 Å². The molecule has 0 N–H and O–H groups in total. The highest BCUT2D eigenvalue weighted by atomic mass is 16.2. The van der Waals surface area contributed by atoms with E-state index in [9.17, 15) is 9.59 Å². The number of likely N-dealkylation sites (tertiary alicyclic amines) is 1. The van der Waals surface area contributed by atoms with Gasteiger partial charge >= 0.3 is 0 Å². The number of carbonyl (C=O) groups is 2. The Morgan fingerprint density at radius 1 is 1.21 bits per heavy atom. The second kappa shape index (κ2) is 6.00. The van der Waals surface area contributed by atoms with Crippen LogP contribution in [-0.2, 0) is 4.79 Å². The first kappa shape index (κ1) is 13.8. The number of ketones is 1. The number of benzene rings is 1. The molecule has 0 radical (unpaired) electrons. The van der Waals surface area contributed by atoms with Crippen molar-refractivity contribution in [2.75, 3.05) is 13.1 Å². The number of hydrogen-bond acceptors (Lipinski definition) is 2. The molecule has 2 rings (SSSR count). The fourth-order valence-electron chi connectivity index (χ4n) is 2.59. The van der Waals surface area contributed by atoms with E-state index in [1.165, 1.54) is 0 Å². The van der Waals surface area contributed by atoms with Gasteiger partial charge < -0.3 is 4.90 Å². The Morgan fingerprint density at radius 2 is 1.89 bits per heavy atom. The Bertz CT molecular complexity index is 453. The SMILES string of the molecule is CC(C)C(=O)N1CCCC(C(=O)c2ccccc2)C1. The summed E-state index contributed by atoms with van der Waals surface area (Å²) in [5.41, 5.74) is 0.756. The zero-order chi connectivity index (χ0) is 13.8. The summed E-state index contributed by atoms with van der Waals surface area (Å²) in [5.74, 6) is 0.289. The highest BCUT2D eigenvalue weighted by Gasteiger charge is 2.29. The lowest BCUT2D eigenvalue weighted by Gasteiger charge is -2.33. The molecule has 0 spiro atoms. The second-order valence-electron chi connectivity index (χ2n) is 5.51. The zero-order valence-corrected chi connectivity index (χ0v) is 11.6. The number of rotatable bonds is 3. The second-order valence-corrected chi connectivity index (χ2v) is 5.51. The maximum atomic E-state index is 12.4. The van der Waals surface area contributed by atoms with E-state index in [0.717, 1.165) is 24.9 Å². The quantitative estimate of drug-likeness (QED) is 0.783. The molecule has 1 atom stereocenters. The summed E-state index contributed by atoms with van der Waals surface area (Å²) in [6, 6.07) is 9.38. The van der Waals surface area contributed by atoms with Gasteiger partial charge in [0.15, 0.2) is 5.78 Å². The minimum atomic E-state index is -0.0427. The standard InChI is InChI=1S/C16H21NO2/c1-12(2)16(19)17-10-6-9-14(11-17)15(18)13-7-4-3-5-8-13/h3-5,7-8,12,14H,6,9-11H2,1-2H3. The van der Waals surface area contributed by atoms with Crippen molar-refractivity contribution >= 4 is 11.7 Å². The maximum Gasteiger partial charge on any atom is 0.225 e. The van der Waals surface area contributed by atoms with Gasteiger partial charge in [0.1, 0.15) is 0 Å². The molecule has 19 heavy (non-hydrogen) atoms. The van der Waals surface area contributed by atoms with E-state index in [1.54, 1.807) is 0 Å². The zero-order valence-electron chi connectivity index (χ0n) is 11.6. The van der Waals surface area contributed by atoms with Crippen LogP contribution in [0, 0.1) is 11.8 Å². The molecule has 1 amide bonds. The maximum absolute atomic E-state index is 12.4. The van der Waals surface area contributed by atoms with Gasteiger partial charge in [-0.05, 0) is 12.8 Å². The van der Waals surface area contributed by atoms with Crippen LogP contribution in [0.5, 0.6) is 0 Å². The number of carbonyl (C=O) groups excluding carboxylic acids is 2. The van der Waals surface area contributed by atoms with Gasteiger partial charge in [0.05, 0.1) is 0 Å². The van der Waals surface area contributed by atoms with Gasteiger partial charge in [-0.1, -0.05) is 44.2 Å². The molecule has 0 saturated carbocycles. The predicted octanol–water partition coefficient (Wildman–Crippen LogP) is 2.76. The Labute approximate surface area is 114 Å². The Balaban J connectivity index is 2.05. The van der Waals surface area contributed by atoms with E-state index in [0.29, 0.717) is 6.54 Å². The minimum absolute atomic E-state index is 0.00516. The Kier molecular flexibility index (Phi) is 4.35. The van der Waals surface area contributed by atoms with Crippen LogP contribution >= 0.6 is 0 Å². The van der Waals surface area contributed by atoms with Crippen LogP contribution in [0.4, 0.5) is 0 Å². The average Bonchev–Trinajstić information content (AvgIpc) is 2.46. The molecule has 1 aromatic carbocycles. The highest BCUT2D eigenvalue weighted by Crippen LogP contribution is 2.22. The summed E-state index contributed by atoms with van der Waals surface area (Å²) in [7, 11) is 0. The van der Waals surface area contributed by atoms with Crippen molar-refractivity contribution in [3.8, 4) is 0 Å². The van der Waals surface area contributed by atoms with Crippen LogP contribution in [0.1, 0.15) is 37.0 Å². The predicted molar refractivity (Wildman–Crippen MR) is 74.9 cm³/mol. The average molecular weight is 259 g/mol. The van der Waals surface area contributed by atoms with Crippen molar-refractivity contribution in [3.05, 3.63) is 35.9 Å². The van der Waals surface area contributed by atoms with Gasteiger partial charge in [-0.2, -0.15) is 0 Å². The molecular formula is C16H21NO2. The van der Waals surface area contributed by atoms with Crippen molar-refractivity contribution in [2.45, 2.75) is 26.7 Å². The third-order valence-electron chi connectivity index (χ3n) is 3.66. The lowest BCUT2D eigenvalue weighted by Crippen LogP contribution is -2.44. The third kappa shape index (κ3) is 3.22. The van der Waals surface area contributed by atoms with Crippen molar-refractivity contribution < 1.29 is 9.59 Å². The van der Waals surface area contributed by atoms with Crippen molar-refractivity contribution in [2.24, 2.45) is 11.8 Å². The molecule has 1 aliphatic rings. The Morgan fingerprint density at radius 3 is 2.53 bits per heavy atom. The smallest absolute Gasteiger partial charge is 0.225 e. The first-order chi connectivity index (χ1) is 9.09. The summed E-state index contributed by atoms with van der Waals surface area (Å²) < 4.78 is 0. The number of hydrogen-bond donors (Lipinski definition) is 0. The van der Waals surface area contributed by atoms with Crippen LogP contribution in [0.15, 0.2) is 30.3 Å². The summed E-state index contributed by atoms with van der Waals surface area (Å²) >= 11 is 0. The van der Waals surface area contributed by atoms with Gasteiger partial charge in [-0.15, -0.1) is 0 Å². The molecule has 0 aliphatic carbocycles. The highest BCUT2D eigenvalue weighted by molar-refractivity contribution is 5.98. The molecular weight excluding hydrogens is 238 g/mol. The molecule has 1 saturated heterocycles. The summed E-state index contributed by atoms with van der Waals surface area (Å²) in [6.07, 6.45) is 1.80. The van der Waals surface area contributed by atoms with E-state index in [-0.39, 0.29) is 23.5 Å². The molecule has 1 heterocycles. The first-order valence-electron chi connectivity index (χ1n) is 6.97. The topological polar surface area (TPSA) is 37.4 Å². The summed E-state index contributed by atoms with van der Waals surface area (Å²) in [5, 5.41) is 0. The molecule has 1 aliphatic heterocycles. The number of amides is 1. The van der Waals surface area contributed by atoms with Crippen LogP contribution in [0.2, 0.25) is 0 Å². The van der Waals surface area contributed by atoms with Crippen LogP contribution in [0.25, 0.3) is 0 Å². The molecule has 3 nitrogen and oxygen atoms in total. The largest absolute Gasteiger partial charge is 0.342 e. The molecule has 0 bridgehead atoms. The molecule has 102 valence electrons. The van der Waals surface area contributed by atoms with E-state index >= 15 is 0 Å². The van der Waals surface area contributed by atoms with Crippen LogP contribution in [0.3, 0.4) is 0 Å². The van der Waals surface area contributed by atoms with Gasteiger partial charge in [0, 0.05) is 30.5 Å². The fourth-order valence-corrected chi connectivity index (χ4v) is 2.59. The van der Waals surface area contributed by atoms with E-state index in [1.807, 2.05) is 49.1 Å². The minimum Gasteiger partial charge on any atom is -0.342 e. The lowest BCUT2D eigenvalue weighted by atomic mass is 9.89. The number of nitrogens with zero attached hydrogens (tertiary/aromatic N) is 1. The van der Waals surface area contributed by atoms with E-state index in [4.69, 9.17) is 0 Å². The first-order valence-corrected chi connectivity index (χ1v) is 6.97. The van der Waals surface area contributed by atoms with Crippen LogP contribution in [-0.4, -0.2) is 29.7 Å². The van der Waals surface area contributed by atoms with Gasteiger partial charge in [0.2, 0.25) is 5.91 Å². The molecule has 1 unspecified atom stereocenters. The lowest BCUT2D eigenvalue weighted by molar-refractivity contribution is -0.135. The van der Waals surface area contributed by atoms with Crippen molar-refractivity contribution in [1.82, 2.24) is 4.90 Å². The van der Waals surface area contributed by atoms with Crippen molar-refractivity contribution in [3.63, 3.8) is 0 Å². The fraction of sp³-hybridized carbons (Fsp3) is 0.500. The van der Waals surface area contributed by atoms with Gasteiger partial charge in [-0.25, -0.2) is 0 Å². The summed E-state index contributed by atoms with van der Waals surface area (Å²) in [4.78, 5) is 26.3. The normalized spacial score (nSPS) is 19.5. The molecule has 0 aromatic heterocycles. The van der Waals surface area contributed by atoms with E-state index < -0.39 is 0 Å². The molecule has 1 fully saturated rings. The van der Waals surface area contributed by atoms with Gasteiger partial charge in [-0.3, -0.25) is 9.59 Å². The Hall–Kier alpha value is -1.64. The molecule has 1 aromatic rings. The van der Waals surface area contributed by atoms with Crippen molar-refractivity contribution in [1.29, 1.82) is 0 Å². The number of Topliss-reactive ketones (excluding diaryl/α,β-unsaturated/α-hetero) is 1. The molecule has 3 heteroatoms.